The summed E-state index contributed by atoms with van der Waals surface area (Å²) in [7, 11) is 0. The fraction of sp³-hybridized carbons (Fsp3) is 0.222. The molecule has 1 N–H and O–H groups in total. The average molecular weight is 361 g/mol. The van der Waals surface area contributed by atoms with Gasteiger partial charge in [0.15, 0.2) is 5.58 Å². The van der Waals surface area contributed by atoms with E-state index >= 15 is 0 Å². The number of amides is 1. The van der Waals surface area contributed by atoms with Gasteiger partial charge >= 0.3 is 0 Å². The molecule has 3 aromatic rings. The van der Waals surface area contributed by atoms with Gasteiger partial charge in [0.1, 0.15) is 5.52 Å². The van der Waals surface area contributed by atoms with E-state index in [2.05, 4.69) is 10.3 Å². The quantitative estimate of drug-likeness (QED) is 0.676. The van der Waals surface area contributed by atoms with E-state index in [1.807, 2.05) is 38.1 Å². The Balaban J connectivity index is 1.59. The summed E-state index contributed by atoms with van der Waals surface area (Å²) in [6, 6.07) is 13.4. The van der Waals surface area contributed by atoms with Crippen LogP contribution in [0.5, 0.6) is 0 Å². The number of aromatic nitrogens is 1. The van der Waals surface area contributed by atoms with Crippen molar-refractivity contribution in [3.63, 3.8) is 0 Å². The maximum Gasteiger partial charge on any atom is 0.257 e. The number of carbonyl (C=O) groups excluding carboxylic acids is 1. The van der Waals surface area contributed by atoms with Gasteiger partial charge in [0.25, 0.3) is 5.22 Å². The number of benzene rings is 2. The lowest BCUT2D eigenvalue weighted by Crippen LogP contribution is -2.30. The van der Waals surface area contributed by atoms with Gasteiger partial charge in [0.2, 0.25) is 5.91 Å². The maximum absolute atomic E-state index is 12.2. The van der Waals surface area contributed by atoms with E-state index in [0.717, 1.165) is 11.1 Å². The fourth-order valence-electron chi connectivity index (χ4n) is 2.17. The molecule has 0 saturated carbocycles. The molecule has 0 bridgehead atoms. The smallest absolute Gasteiger partial charge is 0.257 e. The van der Waals surface area contributed by atoms with E-state index in [-0.39, 0.29) is 11.2 Å². The molecular formula is C18H17ClN2O2S. The minimum absolute atomic E-state index is 0.0548. The summed E-state index contributed by atoms with van der Waals surface area (Å²) in [6.45, 7) is 4.37. The Labute approximate surface area is 149 Å². The number of oxazole rings is 1. The van der Waals surface area contributed by atoms with Gasteiger partial charge in [-0.05, 0) is 31.5 Å². The van der Waals surface area contributed by atoms with Crippen molar-refractivity contribution in [3.8, 4) is 0 Å². The second-order valence-corrected chi connectivity index (χ2v) is 7.28. The molecule has 24 heavy (non-hydrogen) atoms. The lowest BCUT2D eigenvalue weighted by Gasteiger charge is -2.10. The average Bonchev–Trinajstić information content (AvgIpc) is 2.95. The largest absolute Gasteiger partial charge is 0.431 e. The molecule has 1 heterocycles. The van der Waals surface area contributed by atoms with Crippen LogP contribution < -0.4 is 5.32 Å². The third-order valence-electron chi connectivity index (χ3n) is 3.57. The van der Waals surface area contributed by atoms with Crippen molar-refractivity contribution < 1.29 is 9.21 Å². The standard InChI is InChI=1S/C18H17ClN2O2S/c1-11-3-5-13(6-4-11)10-20-17(22)12(2)24-18-21-15-8-7-14(19)9-16(15)23-18/h3-9,12H,10H2,1-2H3,(H,20,22)/t12-/m1/s1. The molecule has 0 saturated heterocycles. The van der Waals surface area contributed by atoms with E-state index in [1.54, 1.807) is 18.2 Å². The molecule has 0 aliphatic heterocycles. The highest BCUT2D eigenvalue weighted by molar-refractivity contribution is 8.00. The molecule has 4 nitrogen and oxygen atoms in total. The summed E-state index contributed by atoms with van der Waals surface area (Å²) >= 11 is 7.22. The highest BCUT2D eigenvalue weighted by Gasteiger charge is 2.18. The predicted molar refractivity (Wildman–Crippen MR) is 97.4 cm³/mol. The molecule has 0 radical (unpaired) electrons. The van der Waals surface area contributed by atoms with Crippen LogP contribution in [0.4, 0.5) is 0 Å². The van der Waals surface area contributed by atoms with Gasteiger partial charge in [-0.25, -0.2) is 4.98 Å². The summed E-state index contributed by atoms with van der Waals surface area (Å²) in [5.74, 6) is -0.0548. The van der Waals surface area contributed by atoms with Crippen molar-refractivity contribution in [2.24, 2.45) is 0 Å². The molecule has 124 valence electrons. The molecule has 6 heteroatoms. The van der Waals surface area contributed by atoms with Crippen molar-refractivity contribution in [3.05, 3.63) is 58.6 Å². The molecule has 0 unspecified atom stereocenters. The van der Waals surface area contributed by atoms with Crippen molar-refractivity contribution in [2.75, 3.05) is 0 Å². The summed E-state index contributed by atoms with van der Waals surface area (Å²) in [4.78, 5) is 16.6. The van der Waals surface area contributed by atoms with Crippen molar-refractivity contribution in [2.45, 2.75) is 30.9 Å². The van der Waals surface area contributed by atoms with Crippen LogP contribution >= 0.6 is 23.4 Å². The zero-order valence-electron chi connectivity index (χ0n) is 13.4. The van der Waals surface area contributed by atoms with Crippen LogP contribution in [0.3, 0.4) is 0 Å². The molecule has 1 amide bonds. The highest BCUT2D eigenvalue weighted by Crippen LogP contribution is 2.28. The third-order valence-corrected chi connectivity index (χ3v) is 4.74. The van der Waals surface area contributed by atoms with E-state index in [4.69, 9.17) is 16.0 Å². The minimum atomic E-state index is -0.306. The Bertz CT molecular complexity index is 861. The molecule has 3 rings (SSSR count). The number of hydrogen-bond donors (Lipinski definition) is 1. The number of nitrogens with zero attached hydrogens (tertiary/aromatic N) is 1. The topological polar surface area (TPSA) is 55.1 Å². The first kappa shape index (κ1) is 16.9. The zero-order valence-corrected chi connectivity index (χ0v) is 14.9. The monoisotopic (exact) mass is 360 g/mol. The Morgan fingerprint density at radius 2 is 2.04 bits per heavy atom. The van der Waals surface area contributed by atoms with Gasteiger partial charge < -0.3 is 9.73 Å². The van der Waals surface area contributed by atoms with Gasteiger partial charge in [-0.3, -0.25) is 4.79 Å². The highest BCUT2D eigenvalue weighted by atomic mass is 35.5. The maximum atomic E-state index is 12.2. The van der Waals surface area contributed by atoms with Crippen LogP contribution in [0.25, 0.3) is 11.1 Å². The SMILES string of the molecule is Cc1ccc(CNC(=O)[C@@H](C)Sc2nc3ccc(Cl)cc3o2)cc1. The molecular weight excluding hydrogens is 344 g/mol. The molecule has 0 fully saturated rings. The number of fused-ring (bicyclic) bond motifs is 1. The first-order chi connectivity index (χ1) is 11.5. The number of nitrogens with one attached hydrogen (secondary N) is 1. The van der Waals surface area contributed by atoms with Crippen molar-refractivity contribution in [1.29, 1.82) is 0 Å². The van der Waals surface area contributed by atoms with Crippen LogP contribution in [0.2, 0.25) is 5.02 Å². The Hall–Kier alpha value is -1.98. The summed E-state index contributed by atoms with van der Waals surface area (Å²) < 4.78 is 5.63. The van der Waals surface area contributed by atoms with Gasteiger partial charge in [-0.1, -0.05) is 53.2 Å². The molecule has 0 spiro atoms. The summed E-state index contributed by atoms with van der Waals surface area (Å²) in [5, 5.41) is 3.68. The van der Waals surface area contributed by atoms with Gasteiger partial charge in [-0.2, -0.15) is 0 Å². The van der Waals surface area contributed by atoms with E-state index in [0.29, 0.717) is 22.4 Å². The molecule has 1 atom stereocenters. The predicted octanol–water partition coefficient (Wildman–Crippen LogP) is 4.59. The summed E-state index contributed by atoms with van der Waals surface area (Å²) in [5.41, 5.74) is 3.62. The van der Waals surface area contributed by atoms with Crippen molar-refractivity contribution in [1.82, 2.24) is 10.3 Å². The second-order valence-electron chi connectivity index (χ2n) is 5.56. The lowest BCUT2D eigenvalue weighted by molar-refractivity contribution is -0.120. The number of hydrogen-bond acceptors (Lipinski definition) is 4. The first-order valence-electron chi connectivity index (χ1n) is 7.57. The minimum Gasteiger partial charge on any atom is -0.431 e. The normalized spacial score (nSPS) is 12.3. The fourth-order valence-corrected chi connectivity index (χ4v) is 3.12. The van der Waals surface area contributed by atoms with Crippen LogP contribution in [-0.4, -0.2) is 16.1 Å². The number of rotatable bonds is 5. The van der Waals surface area contributed by atoms with E-state index < -0.39 is 0 Å². The van der Waals surface area contributed by atoms with E-state index in [1.165, 1.54) is 17.3 Å². The lowest BCUT2D eigenvalue weighted by atomic mass is 10.1. The van der Waals surface area contributed by atoms with Gasteiger partial charge in [-0.15, -0.1) is 0 Å². The Morgan fingerprint density at radius 3 is 2.79 bits per heavy atom. The number of halogens is 1. The number of carbonyl (C=O) groups is 1. The molecule has 0 aliphatic rings. The van der Waals surface area contributed by atoms with Crippen molar-refractivity contribution >= 4 is 40.4 Å². The van der Waals surface area contributed by atoms with Gasteiger partial charge in [0.05, 0.1) is 5.25 Å². The first-order valence-corrected chi connectivity index (χ1v) is 8.83. The van der Waals surface area contributed by atoms with Crippen LogP contribution in [0.15, 0.2) is 52.1 Å². The second kappa shape index (κ2) is 7.28. The Morgan fingerprint density at radius 1 is 1.29 bits per heavy atom. The third kappa shape index (κ3) is 4.10. The van der Waals surface area contributed by atoms with Crippen LogP contribution in [0.1, 0.15) is 18.1 Å². The molecule has 2 aromatic carbocycles. The molecule has 1 aromatic heterocycles. The Kier molecular flexibility index (Phi) is 5.11. The summed E-state index contributed by atoms with van der Waals surface area (Å²) in [6.07, 6.45) is 0. The van der Waals surface area contributed by atoms with Crippen LogP contribution in [-0.2, 0) is 11.3 Å². The number of aryl methyl sites for hydroxylation is 1. The molecule has 0 aliphatic carbocycles. The number of thioether (sulfide) groups is 1. The van der Waals surface area contributed by atoms with E-state index in [9.17, 15) is 4.79 Å². The van der Waals surface area contributed by atoms with Gasteiger partial charge in [0, 0.05) is 17.6 Å². The van der Waals surface area contributed by atoms with Crippen LogP contribution in [0, 0.1) is 6.92 Å². The zero-order chi connectivity index (χ0) is 17.1.